The van der Waals surface area contributed by atoms with Gasteiger partial charge in [0.25, 0.3) is 0 Å². The quantitative estimate of drug-likeness (QED) is 0.869. The topological polar surface area (TPSA) is 50.4 Å². The number of halogens is 1. The predicted molar refractivity (Wildman–Crippen MR) is 82.9 cm³/mol. The van der Waals surface area contributed by atoms with Crippen LogP contribution in [-0.4, -0.2) is 30.8 Å². The van der Waals surface area contributed by atoms with Crippen molar-refractivity contribution in [3.05, 3.63) is 34.3 Å². The molecule has 1 aliphatic rings. The Hall–Kier alpha value is -1.07. The Morgan fingerprint density at radius 3 is 2.55 bits per heavy atom. The molecule has 1 aromatic carbocycles. The summed E-state index contributed by atoms with van der Waals surface area (Å²) in [5.41, 5.74) is 0.753. The minimum atomic E-state index is -0.469. The number of hydrogen-bond donors (Lipinski definition) is 2. The van der Waals surface area contributed by atoms with Gasteiger partial charge in [-0.15, -0.1) is 0 Å². The van der Waals surface area contributed by atoms with Crippen molar-refractivity contribution in [3.63, 3.8) is 0 Å². The summed E-state index contributed by atoms with van der Waals surface area (Å²) in [5, 5.41) is 6.28. The van der Waals surface area contributed by atoms with Gasteiger partial charge in [-0.05, 0) is 38.5 Å². The Bertz CT molecular complexity index is 468. The molecule has 1 saturated heterocycles. The van der Waals surface area contributed by atoms with E-state index in [-0.39, 0.29) is 18.1 Å². The summed E-state index contributed by atoms with van der Waals surface area (Å²) in [6.07, 6.45) is -0.353. The van der Waals surface area contributed by atoms with Crippen LogP contribution in [0.15, 0.2) is 28.7 Å². The molecule has 0 aromatic heterocycles. The molecule has 2 N–H and O–H groups in total. The molecule has 0 bridgehead atoms. The molecule has 0 saturated carbocycles. The summed E-state index contributed by atoms with van der Waals surface area (Å²) in [6, 6.07) is 8.29. The molecule has 1 fully saturated rings. The van der Waals surface area contributed by atoms with Crippen molar-refractivity contribution in [3.8, 4) is 0 Å². The van der Waals surface area contributed by atoms with Gasteiger partial charge >= 0.3 is 6.09 Å². The van der Waals surface area contributed by atoms with Crippen LogP contribution in [-0.2, 0) is 4.74 Å². The van der Waals surface area contributed by atoms with Crippen LogP contribution < -0.4 is 10.6 Å². The van der Waals surface area contributed by atoms with Crippen molar-refractivity contribution < 1.29 is 9.53 Å². The van der Waals surface area contributed by atoms with Crippen molar-refractivity contribution in [2.24, 2.45) is 0 Å². The van der Waals surface area contributed by atoms with Gasteiger partial charge in [0.05, 0.1) is 6.04 Å². The molecule has 4 nitrogen and oxygen atoms in total. The van der Waals surface area contributed by atoms with Crippen LogP contribution in [0.5, 0.6) is 0 Å². The van der Waals surface area contributed by atoms with E-state index in [9.17, 15) is 4.79 Å². The summed E-state index contributed by atoms with van der Waals surface area (Å²) in [7, 11) is 0. The fraction of sp³-hybridized carbons (Fsp3) is 0.533. The van der Waals surface area contributed by atoms with Crippen LogP contribution in [0.1, 0.15) is 32.3 Å². The Morgan fingerprint density at radius 2 is 1.95 bits per heavy atom. The number of benzene rings is 1. The zero-order valence-electron chi connectivity index (χ0n) is 12.1. The van der Waals surface area contributed by atoms with Gasteiger partial charge in [-0.25, -0.2) is 4.79 Å². The second kappa shape index (κ2) is 6.14. The van der Waals surface area contributed by atoms with Crippen LogP contribution >= 0.6 is 15.9 Å². The number of nitrogens with one attached hydrogen (secondary N) is 2. The van der Waals surface area contributed by atoms with Gasteiger partial charge in [-0.2, -0.15) is 0 Å². The van der Waals surface area contributed by atoms with Gasteiger partial charge in [0.15, 0.2) is 0 Å². The highest BCUT2D eigenvalue weighted by Gasteiger charge is 2.30. The summed E-state index contributed by atoms with van der Waals surface area (Å²) in [4.78, 5) is 11.9. The van der Waals surface area contributed by atoms with Gasteiger partial charge in [0, 0.05) is 23.5 Å². The molecule has 1 aliphatic heterocycles. The van der Waals surface area contributed by atoms with Crippen molar-refractivity contribution in [2.45, 2.75) is 38.3 Å². The first kappa shape index (κ1) is 15.3. The monoisotopic (exact) mass is 340 g/mol. The third-order valence-electron chi connectivity index (χ3n) is 3.21. The average Bonchev–Trinajstić information content (AvgIpc) is 2.75. The fourth-order valence-electron chi connectivity index (χ4n) is 2.35. The van der Waals surface area contributed by atoms with E-state index in [0.717, 1.165) is 17.6 Å². The van der Waals surface area contributed by atoms with Crippen LogP contribution in [0.2, 0.25) is 0 Å². The molecule has 0 spiro atoms. The summed E-state index contributed by atoms with van der Waals surface area (Å²) in [6.45, 7) is 7.23. The lowest BCUT2D eigenvalue weighted by Gasteiger charge is -2.24. The predicted octanol–water partition coefficient (Wildman–Crippen LogP) is 3.03. The van der Waals surface area contributed by atoms with Crippen molar-refractivity contribution in [1.29, 1.82) is 0 Å². The molecule has 2 rings (SSSR count). The number of carbonyl (C=O) groups is 1. The number of amides is 1. The lowest BCUT2D eigenvalue weighted by Crippen LogP contribution is -2.42. The van der Waals surface area contributed by atoms with E-state index in [0.29, 0.717) is 0 Å². The second-order valence-electron chi connectivity index (χ2n) is 6.07. The van der Waals surface area contributed by atoms with E-state index < -0.39 is 5.60 Å². The molecule has 1 amide bonds. The van der Waals surface area contributed by atoms with Crippen molar-refractivity contribution in [1.82, 2.24) is 10.6 Å². The van der Waals surface area contributed by atoms with E-state index in [1.54, 1.807) is 0 Å². The van der Waals surface area contributed by atoms with Gasteiger partial charge in [0.2, 0.25) is 0 Å². The van der Waals surface area contributed by atoms with Gasteiger partial charge in [-0.1, -0.05) is 28.1 Å². The number of alkyl carbamates (subject to hydrolysis) is 1. The Labute approximate surface area is 128 Å². The van der Waals surface area contributed by atoms with E-state index in [1.807, 2.05) is 32.9 Å². The van der Waals surface area contributed by atoms with Crippen LogP contribution in [0.3, 0.4) is 0 Å². The molecule has 2 atom stereocenters. The Kier molecular flexibility index (Phi) is 4.70. The fourth-order valence-corrected chi connectivity index (χ4v) is 2.61. The average molecular weight is 341 g/mol. The molecular formula is C15H21BrN2O2. The van der Waals surface area contributed by atoms with Gasteiger partial charge in [0.1, 0.15) is 5.60 Å². The smallest absolute Gasteiger partial charge is 0.407 e. The summed E-state index contributed by atoms with van der Waals surface area (Å²) < 4.78 is 6.38. The largest absolute Gasteiger partial charge is 0.444 e. The first-order chi connectivity index (χ1) is 9.35. The van der Waals surface area contributed by atoms with E-state index >= 15 is 0 Å². The maximum atomic E-state index is 11.9. The number of carbonyl (C=O) groups excluding carboxylic acids is 1. The minimum Gasteiger partial charge on any atom is -0.444 e. The molecule has 1 heterocycles. The van der Waals surface area contributed by atoms with Gasteiger partial charge < -0.3 is 15.4 Å². The first-order valence-corrected chi connectivity index (χ1v) is 7.60. The van der Waals surface area contributed by atoms with Crippen LogP contribution in [0.25, 0.3) is 0 Å². The third-order valence-corrected chi connectivity index (χ3v) is 3.74. The molecule has 110 valence electrons. The zero-order valence-corrected chi connectivity index (χ0v) is 13.7. The molecular weight excluding hydrogens is 320 g/mol. The normalized spacial score (nSPS) is 22.6. The van der Waals surface area contributed by atoms with E-state index in [1.165, 1.54) is 5.56 Å². The number of ether oxygens (including phenoxy) is 1. The third kappa shape index (κ3) is 4.21. The summed E-state index contributed by atoms with van der Waals surface area (Å²) in [5.74, 6) is 0.274. The zero-order chi connectivity index (χ0) is 14.8. The van der Waals surface area contributed by atoms with Gasteiger partial charge in [-0.3, -0.25) is 0 Å². The number of rotatable bonds is 2. The Morgan fingerprint density at radius 1 is 1.30 bits per heavy atom. The molecule has 0 unspecified atom stereocenters. The highest BCUT2D eigenvalue weighted by molar-refractivity contribution is 9.10. The molecule has 1 aromatic rings. The maximum Gasteiger partial charge on any atom is 0.407 e. The standard InChI is InChI=1S/C15H21BrN2O2/c1-15(2,3)20-14(19)18-13-9-17-8-12(13)10-4-6-11(16)7-5-10/h4-7,12-13,17H,8-9H2,1-3H3,(H,18,19)/t12-,13-/m1/s1. The molecule has 0 aliphatic carbocycles. The molecule has 5 heteroatoms. The van der Waals surface area contributed by atoms with Crippen LogP contribution in [0.4, 0.5) is 4.79 Å². The highest BCUT2D eigenvalue weighted by atomic mass is 79.9. The minimum absolute atomic E-state index is 0.0611. The summed E-state index contributed by atoms with van der Waals surface area (Å²) >= 11 is 3.44. The lowest BCUT2D eigenvalue weighted by molar-refractivity contribution is 0.0504. The highest BCUT2D eigenvalue weighted by Crippen LogP contribution is 2.24. The second-order valence-corrected chi connectivity index (χ2v) is 6.98. The van der Waals surface area contributed by atoms with E-state index in [2.05, 4.69) is 38.7 Å². The molecule has 20 heavy (non-hydrogen) atoms. The van der Waals surface area contributed by atoms with Crippen LogP contribution in [0, 0.1) is 0 Å². The Balaban J connectivity index is 2.00. The molecule has 0 radical (unpaired) electrons. The van der Waals surface area contributed by atoms with Crippen molar-refractivity contribution >= 4 is 22.0 Å². The van der Waals surface area contributed by atoms with Crippen molar-refractivity contribution in [2.75, 3.05) is 13.1 Å². The lowest BCUT2D eigenvalue weighted by atomic mass is 9.94. The maximum absolute atomic E-state index is 11.9. The SMILES string of the molecule is CC(C)(C)OC(=O)N[C@@H]1CNC[C@@H]1c1ccc(Br)cc1. The van der Waals surface area contributed by atoms with E-state index in [4.69, 9.17) is 4.74 Å². The number of hydrogen-bond acceptors (Lipinski definition) is 3. The first-order valence-electron chi connectivity index (χ1n) is 6.81.